The van der Waals surface area contributed by atoms with Gasteiger partial charge < -0.3 is 4.98 Å². The van der Waals surface area contributed by atoms with Crippen molar-refractivity contribution in [2.24, 2.45) is 0 Å². The van der Waals surface area contributed by atoms with Crippen molar-refractivity contribution in [3.8, 4) is 0 Å². The summed E-state index contributed by atoms with van der Waals surface area (Å²) in [6, 6.07) is 5.99. The topological polar surface area (TPSA) is 28.7 Å². The smallest absolute Gasteiger partial charge is 0.0881 e. The molecule has 0 aliphatic rings. The lowest BCUT2D eigenvalue weighted by Crippen LogP contribution is -1.69. The van der Waals surface area contributed by atoms with Gasteiger partial charge in [0.1, 0.15) is 0 Å². The summed E-state index contributed by atoms with van der Waals surface area (Å²) in [4.78, 5) is 7.37. The molecule has 2 nitrogen and oxygen atoms in total. The van der Waals surface area contributed by atoms with Gasteiger partial charge in [-0.1, -0.05) is 0 Å². The predicted molar refractivity (Wildman–Crippen MR) is 40.8 cm³/mol. The van der Waals surface area contributed by atoms with Gasteiger partial charge in [0.2, 0.25) is 0 Å². The van der Waals surface area contributed by atoms with E-state index in [2.05, 4.69) is 9.97 Å². The van der Waals surface area contributed by atoms with E-state index < -0.39 is 0 Å². The lowest BCUT2D eigenvalue weighted by atomic mass is 10.4. The molecule has 0 saturated heterocycles. The average molecular weight is 132 g/mol. The third-order valence-corrected chi connectivity index (χ3v) is 1.52. The monoisotopic (exact) mass is 132 g/mol. The Kier molecular flexibility index (Phi) is 1.01. The molecule has 2 rings (SSSR count). The first kappa shape index (κ1) is 5.47. The molecule has 10 heavy (non-hydrogen) atoms. The van der Waals surface area contributed by atoms with E-state index in [1.54, 1.807) is 6.20 Å². The molecular formula is C8H8N2. The van der Waals surface area contributed by atoms with Gasteiger partial charge in [0.05, 0.1) is 11.0 Å². The number of nitrogens with zero attached hydrogens (tertiary/aromatic N) is 1. The second-order valence-electron chi connectivity index (χ2n) is 2.39. The third kappa shape index (κ3) is 0.692. The van der Waals surface area contributed by atoms with Gasteiger partial charge in [0, 0.05) is 11.9 Å². The average Bonchev–Trinajstić information content (AvgIpc) is 2.27. The fraction of sp³-hybridized carbons (Fsp3) is 0.125. The molecule has 0 spiro atoms. The summed E-state index contributed by atoms with van der Waals surface area (Å²) < 4.78 is 0. The number of aromatic amines is 1. The molecule has 0 fully saturated rings. The summed E-state index contributed by atoms with van der Waals surface area (Å²) in [7, 11) is 0. The molecule has 0 aliphatic carbocycles. The van der Waals surface area contributed by atoms with Gasteiger partial charge in [-0.05, 0) is 25.1 Å². The zero-order chi connectivity index (χ0) is 6.97. The second kappa shape index (κ2) is 1.84. The van der Waals surface area contributed by atoms with Crippen molar-refractivity contribution in [1.29, 1.82) is 0 Å². The second-order valence-corrected chi connectivity index (χ2v) is 2.39. The molecular weight excluding hydrogens is 124 g/mol. The highest BCUT2D eigenvalue weighted by atomic mass is 14.8. The highest BCUT2D eigenvalue weighted by Gasteiger charge is 1.93. The fourth-order valence-electron chi connectivity index (χ4n) is 1.09. The molecule has 0 aromatic carbocycles. The minimum Gasteiger partial charge on any atom is -0.357 e. The van der Waals surface area contributed by atoms with Crippen molar-refractivity contribution in [3.63, 3.8) is 0 Å². The Bertz CT molecular complexity index is 316. The van der Waals surface area contributed by atoms with E-state index >= 15 is 0 Å². The Morgan fingerprint density at radius 2 is 2.40 bits per heavy atom. The number of fused-ring (bicyclic) bond motifs is 1. The maximum absolute atomic E-state index is 4.17. The van der Waals surface area contributed by atoms with Crippen molar-refractivity contribution in [3.05, 3.63) is 30.1 Å². The van der Waals surface area contributed by atoms with Gasteiger partial charge in [-0.15, -0.1) is 0 Å². The van der Waals surface area contributed by atoms with Crippen molar-refractivity contribution in [2.75, 3.05) is 0 Å². The Labute approximate surface area is 58.9 Å². The Morgan fingerprint density at radius 3 is 3.20 bits per heavy atom. The molecule has 0 radical (unpaired) electrons. The van der Waals surface area contributed by atoms with Gasteiger partial charge in [0.25, 0.3) is 0 Å². The molecule has 1 N–H and O–H groups in total. The van der Waals surface area contributed by atoms with Crippen LogP contribution in [0, 0.1) is 6.92 Å². The summed E-state index contributed by atoms with van der Waals surface area (Å²) in [5.74, 6) is 0. The molecule has 2 heterocycles. The quantitative estimate of drug-likeness (QED) is 0.582. The van der Waals surface area contributed by atoms with Crippen molar-refractivity contribution in [2.45, 2.75) is 6.92 Å². The lowest BCUT2D eigenvalue weighted by molar-refractivity contribution is 1.30. The molecule has 2 aromatic rings. The zero-order valence-corrected chi connectivity index (χ0v) is 5.76. The number of nitrogens with one attached hydrogen (secondary N) is 1. The van der Waals surface area contributed by atoms with Crippen LogP contribution in [0.15, 0.2) is 24.4 Å². The van der Waals surface area contributed by atoms with Crippen molar-refractivity contribution in [1.82, 2.24) is 9.97 Å². The fourth-order valence-corrected chi connectivity index (χ4v) is 1.09. The van der Waals surface area contributed by atoms with E-state index in [0.717, 1.165) is 16.7 Å². The molecule has 0 atom stereocenters. The summed E-state index contributed by atoms with van der Waals surface area (Å²) in [6.45, 7) is 2.03. The highest BCUT2D eigenvalue weighted by Crippen LogP contribution is 2.09. The molecule has 0 amide bonds. The first-order valence-electron chi connectivity index (χ1n) is 3.26. The van der Waals surface area contributed by atoms with Crippen LogP contribution in [0.3, 0.4) is 0 Å². The maximum Gasteiger partial charge on any atom is 0.0881 e. The van der Waals surface area contributed by atoms with Gasteiger partial charge in [0.15, 0.2) is 0 Å². The Morgan fingerprint density at radius 1 is 1.50 bits per heavy atom. The largest absolute Gasteiger partial charge is 0.357 e. The standard InChI is InChI=1S/C8H8N2/c1-6-5-8-7(10-6)3-2-4-9-8/h2-5,10H,1H3. The SMILES string of the molecule is Cc1cc2ncccc2[nH]1. The van der Waals surface area contributed by atoms with Crippen LogP contribution in [0.4, 0.5) is 0 Å². The summed E-state index contributed by atoms with van der Waals surface area (Å²) in [5, 5.41) is 0. The summed E-state index contributed by atoms with van der Waals surface area (Å²) >= 11 is 0. The van der Waals surface area contributed by atoms with Crippen LogP contribution in [0.1, 0.15) is 5.69 Å². The number of hydrogen-bond donors (Lipinski definition) is 1. The number of aryl methyl sites for hydroxylation is 1. The van der Waals surface area contributed by atoms with Crippen LogP contribution < -0.4 is 0 Å². The van der Waals surface area contributed by atoms with Gasteiger partial charge in [-0.3, -0.25) is 4.98 Å². The molecule has 0 aliphatic heterocycles. The van der Waals surface area contributed by atoms with Gasteiger partial charge in [-0.25, -0.2) is 0 Å². The molecule has 0 saturated carbocycles. The van der Waals surface area contributed by atoms with E-state index in [4.69, 9.17) is 0 Å². The third-order valence-electron chi connectivity index (χ3n) is 1.52. The number of hydrogen-bond acceptors (Lipinski definition) is 1. The zero-order valence-electron chi connectivity index (χ0n) is 5.76. The van der Waals surface area contributed by atoms with E-state index in [1.165, 1.54) is 0 Å². The Hall–Kier alpha value is -1.31. The van der Waals surface area contributed by atoms with E-state index in [-0.39, 0.29) is 0 Å². The summed E-state index contributed by atoms with van der Waals surface area (Å²) in [6.07, 6.45) is 1.80. The molecule has 2 aromatic heterocycles. The van der Waals surface area contributed by atoms with Crippen LogP contribution in [-0.4, -0.2) is 9.97 Å². The minimum absolute atomic E-state index is 1.04. The first-order valence-corrected chi connectivity index (χ1v) is 3.26. The van der Waals surface area contributed by atoms with E-state index in [9.17, 15) is 0 Å². The van der Waals surface area contributed by atoms with E-state index in [0.29, 0.717) is 0 Å². The summed E-state index contributed by atoms with van der Waals surface area (Å²) in [5.41, 5.74) is 3.31. The number of H-pyrrole nitrogens is 1. The van der Waals surface area contributed by atoms with Crippen molar-refractivity contribution >= 4 is 11.0 Å². The lowest BCUT2D eigenvalue weighted by Gasteiger charge is -1.83. The van der Waals surface area contributed by atoms with E-state index in [1.807, 2.05) is 25.1 Å². The molecule has 2 heteroatoms. The van der Waals surface area contributed by atoms with Gasteiger partial charge >= 0.3 is 0 Å². The van der Waals surface area contributed by atoms with Crippen LogP contribution in [-0.2, 0) is 0 Å². The molecule has 0 bridgehead atoms. The first-order chi connectivity index (χ1) is 4.86. The maximum atomic E-state index is 4.17. The number of rotatable bonds is 0. The van der Waals surface area contributed by atoms with Crippen LogP contribution in [0.25, 0.3) is 11.0 Å². The molecule has 50 valence electrons. The Balaban J connectivity index is 2.88. The van der Waals surface area contributed by atoms with Crippen LogP contribution >= 0.6 is 0 Å². The molecule has 0 unspecified atom stereocenters. The minimum atomic E-state index is 1.04. The van der Waals surface area contributed by atoms with Crippen molar-refractivity contribution < 1.29 is 0 Å². The number of pyridine rings is 1. The highest BCUT2D eigenvalue weighted by molar-refractivity contribution is 5.75. The predicted octanol–water partition coefficient (Wildman–Crippen LogP) is 1.87. The van der Waals surface area contributed by atoms with Gasteiger partial charge in [-0.2, -0.15) is 0 Å². The number of aromatic nitrogens is 2. The van der Waals surface area contributed by atoms with Crippen LogP contribution in [0.2, 0.25) is 0 Å². The normalized spacial score (nSPS) is 10.5. The van der Waals surface area contributed by atoms with Crippen LogP contribution in [0.5, 0.6) is 0 Å².